The summed E-state index contributed by atoms with van der Waals surface area (Å²) in [5, 5.41) is 10.7. The molecule has 0 amide bonds. The maximum atomic E-state index is 13.4. The number of hydrogen-bond acceptors (Lipinski definition) is 9. The zero-order valence-corrected chi connectivity index (χ0v) is 15.5. The highest BCUT2D eigenvalue weighted by Gasteiger charge is 2.43. The molecular formula is C15H15FN3O9P. The van der Waals surface area contributed by atoms with Crippen LogP contribution in [0, 0.1) is 10.1 Å². The highest BCUT2D eigenvalue weighted by molar-refractivity contribution is 7.49. The molecule has 1 saturated heterocycles. The molecule has 0 saturated carbocycles. The summed E-state index contributed by atoms with van der Waals surface area (Å²) >= 11 is 0. The second-order valence-corrected chi connectivity index (χ2v) is 7.34. The summed E-state index contributed by atoms with van der Waals surface area (Å²) in [6.07, 6.45) is -1.13. The summed E-state index contributed by atoms with van der Waals surface area (Å²) in [5.41, 5.74) is -1.51. The molecule has 1 aliphatic heterocycles. The van der Waals surface area contributed by atoms with Crippen molar-refractivity contribution in [3.63, 3.8) is 0 Å². The van der Waals surface area contributed by atoms with Gasteiger partial charge in [0.05, 0.1) is 11.5 Å². The number of nitrogens with zero attached hydrogens (tertiary/aromatic N) is 2. The maximum Gasteiger partial charge on any atom is 0.530 e. The maximum absolute atomic E-state index is 13.4. The number of non-ortho nitro benzene ring substituents is 1. The molecule has 1 N–H and O–H groups in total. The summed E-state index contributed by atoms with van der Waals surface area (Å²) in [5.74, 6) is -0.0318. The fourth-order valence-electron chi connectivity index (χ4n) is 2.35. The van der Waals surface area contributed by atoms with Crippen molar-refractivity contribution in [1.29, 1.82) is 0 Å². The molecule has 156 valence electrons. The highest BCUT2D eigenvalue weighted by Crippen LogP contribution is 2.53. The van der Waals surface area contributed by atoms with Crippen molar-refractivity contribution in [1.82, 2.24) is 9.55 Å². The predicted octanol–water partition coefficient (Wildman–Crippen LogP) is 1.36. The van der Waals surface area contributed by atoms with Gasteiger partial charge < -0.3 is 9.26 Å². The van der Waals surface area contributed by atoms with Gasteiger partial charge in [-0.25, -0.2) is 13.8 Å². The number of halogens is 1. The van der Waals surface area contributed by atoms with Crippen LogP contribution in [0.15, 0.2) is 46.1 Å². The molecule has 2 heterocycles. The minimum absolute atomic E-state index is 0.0318. The van der Waals surface area contributed by atoms with Crippen LogP contribution in [0.3, 0.4) is 0 Å². The molecule has 1 aromatic carbocycles. The number of benzene rings is 1. The number of alkyl halides is 1. The van der Waals surface area contributed by atoms with Gasteiger partial charge in [-0.15, -0.1) is 0 Å². The standard InChI is InChI=1S/C15H15FN3O9P/c16-7-12-13(25-9-18-6-5-14(20)17-15(18)21)8-26-29(24,28-12)27-11-3-1-10(2-4-11)19(22)23/h1-6,12-13H,7-9H2,(H,17,20,21)/t12-,13+,29?/m0/s1. The van der Waals surface area contributed by atoms with E-state index in [2.05, 4.69) is 0 Å². The fourth-order valence-corrected chi connectivity index (χ4v) is 3.74. The van der Waals surface area contributed by atoms with Crippen LogP contribution in [0.4, 0.5) is 10.1 Å². The SMILES string of the molecule is O=c1ccn(CO[C@@H]2COP(=O)(Oc3ccc([N+](=O)[O-])cc3)O[C@H]2CF)c(=O)[nH]1. The molecule has 0 aliphatic carbocycles. The van der Waals surface area contributed by atoms with Gasteiger partial charge in [0.2, 0.25) is 0 Å². The van der Waals surface area contributed by atoms with E-state index in [9.17, 15) is 28.7 Å². The van der Waals surface area contributed by atoms with Crippen molar-refractivity contribution in [3.05, 3.63) is 67.5 Å². The number of phosphoric ester groups is 1. The molecule has 1 fully saturated rings. The summed E-state index contributed by atoms with van der Waals surface area (Å²) in [7, 11) is -4.20. The van der Waals surface area contributed by atoms with E-state index in [1.165, 1.54) is 18.3 Å². The summed E-state index contributed by atoms with van der Waals surface area (Å²) in [6, 6.07) is 5.76. The first-order chi connectivity index (χ1) is 13.8. The van der Waals surface area contributed by atoms with Gasteiger partial charge in [-0.05, 0) is 12.1 Å². The zero-order chi connectivity index (χ0) is 21.0. The molecule has 1 aliphatic rings. The average molecular weight is 431 g/mol. The van der Waals surface area contributed by atoms with Gasteiger partial charge in [0.25, 0.3) is 11.2 Å². The molecule has 3 atom stereocenters. The molecule has 2 aromatic rings. The molecule has 0 spiro atoms. The van der Waals surface area contributed by atoms with Crippen LogP contribution in [-0.4, -0.2) is 40.0 Å². The molecule has 29 heavy (non-hydrogen) atoms. The van der Waals surface area contributed by atoms with E-state index in [0.29, 0.717) is 0 Å². The topological polar surface area (TPSA) is 152 Å². The monoisotopic (exact) mass is 431 g/mol. The first-order valence-electron chi connectivity index (χ1n) is 8.14. The third kappa shape index (κ3) is 5.15. The second-order valence-electron chi connectivity index (χ2n) is 5.80. The molecular weight excluding hydrogens is 416 g/mol. The van der Waals surface area contributed by atoms with Crippen LogP contribution in [0.2, 0.25) is 0 Å². The van der Waals surface area contributed by atoms with Gasteiger partial charge in [-0.1, -0.05) is 0 Å². The predicted molar refractivity (Wildman–Crippen MR) is 94.3 cm³/mol. The van der Waals surface area contributed by atoms with Crippen molar-refractivity contribution in [2.24, 2.45) is 0 Å². The van der Waals surface area contributed by atoms with E-state index >= 15 is 0 Å². The molecule has 1 aromatic heterocycles. The summed E-state index contributed by atoms with van der Waals surface area (Å²) in [4.78, 5) is 34.7. The number of phosphoric acid groups is 1. The lowest BCUT2D eigenvalue weighted by atomic mass is 10.2. The Bertz CT molecular complexity index is 1040. The minimum atomic E-state index is -4.20. The number of aromatic nitrogens is 2. The van der Waals surface area contributed by atoms with E-state index in [1.54, 1.807) is 0 Å². The van der Waals surface area contributed by atoms with Crippen molar-refractivity contribution in [3.8, 4) is 5.75 Å². The zero-order valence-electron chi connectivity index (χ0n) is 14.6. The Labute approximate surface area is 161 Å². The average Bonchev–Trinajstić information content (AvgIpc) is 2.68. The van der Waals surface area contributed by atoms with Crippen LogP contribution in [0.25, 0.3) is 0 Å². The Hall–Kier alpha value is -2.86. The lowest BCUT2D eigenvalue weighted by Crippen LogP contribution is -2.42. The van der Waals surface area contributed by atoms with Gasteiger partial charge in [0.15, 0.2) is 0 Å². The molecule has 14 heteroatoms. The summed E-state index contributed by atoms with van der Waals surface area (Å²) in [6.45, 7) is -1.78. The Morgan fingerprint density at radius 2 is 2.03 bits per heavy atom. The van der Waals surface area contributed by atoms with E-state index in [0.717, 1.165) is 22.8 Å². The fraction of sp³-hybridized carbons (Fsp3) is 0.333. The number of nitrogens with one attached hydrogen (secondary N) is 1. The third-order valence-corrected chi connectivity index (χ3v) is 5.25. The van der Waals surface area contributed by atoms with Crippen molar-refractivity contribution in [2.75, 3.05) is 13.3 Å². The van der Waals surface area contributed by atoms with Gasteiger partial charge in [0, 0.05) is 24.4 Å². The van der Waals surface area contributed by atoms with Gasteiger partial charge in [-0.2, -0.15) is 0 Å². The van der Waals surface area contributed by atoms with E-state index < -0.39 is 42.9 Å². The van der Waals surface area contributed by atoms with Gasteiger partial charge in [0.1, 0.15) is 31.4 Å². The van der Waals surface area contributed by atoms with Crippen LogP contribution in [0.1, 0.15) is 0 Å². The number of rotatable bonds is 7. The van der Waals surface area contributed by atoms with Crippen LogP contribution in [0.5, 0.6) is 5.75 Å². The Kier molecular flexibility index (Phi) is 6.23. The minimum Gasteiger partial charge on any atom is -0.404 e. The highest BCUT2D eigenvalue weighted by atomic mass is 31.2. The number of nitro groups is 1. The first-order valence-corrected chi connectivity index (χ1v) is 9.60. The molecule has 3 rings (SSSR count). The van der Waals surface area contributed by atoms with Crippen molar-refractivity contribution >= 4 is 13.5 Å². The number of ether oxygens (including phenoxy) is 1. The summed E-state index contributed by atoms with van der Waals surface area (Å²) < 4.78 is 47.7. The largest absolute Gasteiger partial charge is 0.530 e. The van der Waals surface area contributed by atoms with Gasteiger partial charge in [-0.3, -0.25) is 33.5 Å². The second kappa shape index (κ2) is 8.66. The molecule has 0 bridgehead atoms. The molecule has 0 radical (unpaired) electrons. The van der Waals surface area contributed by atoms with Crippen LogP contribution < -0.4 is 15.8 Å². The van der Waals surface area contributed by atoms with Crippen molar-refractivity contribution in [2.45, 2.75) is 18.9 Å². The quantitative estimate of drug-likeness (QED) is 0.389. The number of hydrogen-bond donors (Lipinski definition) is 1. The van der Waals surface area contributed by atoms with Crippen LogP contribution >= 0.6 is 7.82 Å². The normalized spacial score (nSPS) is 24.2. The first kappa shape index (κ1) is 20.9. The van der Waals surface area contributed by atoms with Crippen LogP contribution in [-0.2, 0) is 25.1 Å². The van der Waals surface area contributed by atoms with Crippen molar-refractivity contribution < 1.29 is 32.2 Å². The molecule has 12 nitrogen and oxygen atoms in total. The number of nitro benzene ring substituents is 1. The Morgan fingerprint density at radius 1 is 1.31 bits per heavy atom. The van der Waals surface area contributed by atoms with E-state index in [4.69, 9.17) is 18.3 Å². The molecule has 1 unspecified atom stereocenters. The smallest absolute Gasteiger partial charge is 0.404 e. The number of H-pyrrole nitrogens is 1. The van der Waals surface area contributed by atoms with E-state index in [-0.39, 0.29) is 24.8 Å². The lowest BCUT2D eigenvalue weighted by Gasteiger charge is -2.33. The van der Waals surface area contributed by atoms with E-state index in [1.807, 2.05) is 4.98 Å². The van der Waals surface area contributed by atoms with Gasteiger partial charge >= 0.3 is 13.5 Å². The Morgan fingerprint density at radius 3 is 2.66 bits per heavy atom. The number of aromatic amines is 1. The Balaban J connectivity index is 1.63. The lowest BCUT2D eigenvalue weighted by molar-refractivity contribution is -0.384. The third-order valence-electron chi connectivity index (χ3n) is 3.82.